The summed E-state index contributed by atoms with van der Waals surface area (Å²) in [5, 5.41) is 3.02. The van der Waals surface area contributed by atoms with Gasteiger partial charge in [-0.1, -0.05) is 19.8 Å². The minimum absolute atomic E-state index is 0.111. The number of benzene rings is 1. The molecule has 0 spiro atoms. The highest BCUT2D eigenvalue weighted by molar-refractivity contribution is 6.17. The fourth-order valence-corrected chi connectivity index (χ4v) is 2.93. The van der Waals surface area contributed by atoms with E-state index in [2.05, 4.69) is 5.32 Å². The lowest BCUT2D eigenvalue weighted by Gasteiger charge is -2.22. The van der Waals surface area contributed by atoms with Crippen molar-refractivity contribution in [2.75, 3.05) is 11.9 Å². The maximum atomic E-state index is 12.4. The van der Waals surface area contributed by atoms with Gasteiger partial charge in [-0.25, -0.2) is 0 Å². The molecule has 0 heterocycles. The van der Waals surface area contributed by atoms with Gasteiger partial charge in [-0.2, -0.15) is 0 Å². The first-order valence-corrected chi connectivity index (χ1v) is 7.75. The van der Waals surface area contributed by atoms with Crippen LogP contribution in [0.5, 0.6) is 5.75 Å². The van der Waals surface area contributed by atoms with Crippen LogP contribution in [0.15, 0.2) is 18.2 Å². The first-order chi connectivity index (χ1) is 9.59. The SMILES string of the molecule is CCOc1ccc(NC(=O)C2(C)CCCC2)cc1CCl. The summed E-state index contributed by atoms with van der Waals surface area (Å²) in [4.78, 5) is 12.4. The normalized spacial score (nSPS) is 16.9. The molecule has 2 rings (SSSR count). The summed E-state index contributed by atoms with van der Waals surface area (Å²) in [6.45, 7) is 4.59. The maximum Gasteiger partial charge on any atom is 0.230 e. The number of nitrogens with one attached hydrogen (secondary N) is 1. The van der Waals surface area contributed by atoms with E-state index in [1.807, 2.05) is 32.0 Å². The molecule has 0 unspecified atom stereocenters. The standard InChI is InChI=1S/C16H22ClNO2/c1-3-20-14-7-6-13(10-12(14)11-17)18-15(19)16(2)8-4-5-9-16/h6-7,10H,3-5,8-9,11H2,1-2H3,(H,18,19). The molecule has 110 valence electrons. The fourth-order valence-electron chi connectivity index (χ4n) is 2.72. The van der Waals surface area contributed by atoms with Crippen LogP contribution < -0.4 is 10.1 Å². The van der Waals surface area contributed by atoms with Crippen LogP contribution in [0.1, 0.15) is 45.1 Å². The lowest BCUT2D eigenvalue weighted by atomic mass is 9.88. The van der Waals surface area contributed by atoms with Crippen LogP contribution in [0.2, 0.25) is 0 Å². The molecule has 4 heteroatoms. The zero-order valence-electron chi connectivity index (χ0n) is 12.2. The van der Waals surface area contributed by atoms with Crippen LogP contribution >= 0.6 is 11.6 Å². The highest BCUT2D eigenvalue weighted by Gasteiger charge is 2.36. The van der Waals surface area contributed by atoms with Crippen LogP contribution in [0, 0.1) is 5.41 Å². The number of alkyl halides is 1. The number of hydrogen-bond donors (Lipinski definition) is 1. The molecule has 1 aliphatic rings. The molecule has 20 heavy (non-hydrogen) atoms. The molecule has 0 saturated heterocycles. The van der Waals surface area contributed by atoms with Gasteiger partial charge in [-0.05, 0) is 38.0 Å². The van der Waals surface area contributed by atoms with Crippen LogP contribution in [0.25, 0.3) is 0 Å². The third kappa shape index (κ3) is 3.26. The molecular weight excluding hydrogens is 274 g/mol. The average molecular weight is 296 g/mol. The Hall–Kier alpha value is -1.22. The van der Waals surface area contributed by atoms with E-state index in [0.29, 0.717) is 12.5 Å². The minimum atomic E-state index is -0.223. The molecule has 1 saturated carbocycles. The number of hydrogen-bond acceptors (Lipinski definition) is 2. The van der Waals surface area contributed by atoms with Gasteiger partial charge in [0.15, 0.2) is 0 Å². The van der Waals surface area contributed by atoms with E-state index in [4.69, 9.17) is 16.3 Å². The second-order valence-corrected chi connectivity index (χ2v) is 5.88. The Morgan fingerprint density at radius 1 is 1.40 bits per heavy atom. The van der Waals surface area contributed by atoms with Crippen molar-refractivity contribution in [3.8, 4) is 5.75 Å². The van der Waals surface area contributed by atoms with Crippen molar-refractivity contribution >= 4 is 23.2 Å². The second kappa shape index (κ2) is 6.49. The first kappa shape index (κ1) is 15.2. The Morgan fingerprint density at radius 3 is 2.70 bits per heavy atom. The molecule has 3 nitrogen and oxygen atoms in total. The highest BCUT2D eigenvalue weighted by atomic mass is 35.5. The van der Waals surface area contributed by atoms with Crippen molar-refractivity contribution in [1.29, 1.82) is 0 Å². The Kier molecular flexibility index (Phi) is 4.92. The molecule has 0 atom stereocenters. The van der Waals surface area contributed by atoms with E-state index < -0.39 is 0 Å². The summed E-state index contributed by atoms with van der Waals surface area (Å²) >= 11 is 5.94. The average Bonchev–Trinajstić information content (AvgIpc) is 2.89. The zero-order chi connectivity index (χ0) is 14.6. The van der Waals surface area contributed by atoms with E-state index >= 15 is 0 Å². The lowest BCUT2D eigenvalue weighted by molar-refractivity contribution is -0.124. The van der Waals surface area contributed by atoms with Crippen molar-refractivity contribution in [2.45, 2.75) is 45.4 Å². The smallest absolute Gasteiger partial charge is 0.230 e. The molecule has 1 N–H and O–H groups in total. The van der Waals surface area contributed by atoms with Crippen molar-refractivity contribution in [1.82, 2.24) is 0 Å². The monoisotopic (exact) mass is 295 g/mol. The topological polar surface area (TPSA) is 38.3 Å². The van der Waals surface area contributed by atoms with Gasteiger partial charge in [0.2, 0.25) is 5.91 Å². The van der Waals surface area contributed by atoms with E-state index in [1.165, 1.54) is 0 Å². The Balaban J connectivity index is 2.11. The Labute approximate surface area is 125 Å². The largest absolute Gasteiger partial charge is 0.494 e. The van der Waals surface area contributed by atoms with Gasteiger partial charge in [-0.3, -0.25) is 4.79 Å². The van der Waals surface area contributed by atoms with Crippen LogP contribution in [-0.2, 0) is 10.7 Å². The summed E-state index contributed by atoms with van der Waals surface area (Å²) in [7, 11) is 0. The van der Waals surface area contributed by atoms with Gasteiger partial charge in [0, 0.05) is 16.7 Å². The van der Waals surface area contributed by atoms with Crippen molar-refractivity contribution in [3.63, 3.8) is 0 Å². The number of rotatable bonds is 5. The predicted octanol–water partition coefficient (Wildman–Crippen LogP) is 4.34. The van der Waals surface area contributed by atoms with Crippen LogP contribution in [-0.4, -0.2) is 12.5 Å². The third-order valence-corrected chi connectivity index (χ3v) is 4.31. The van der Waals surface area contributed by atoms with Gasteiger partial charge < -0.3 is 10.1 Å². The number of halogens is 1. The summed E-state index contributed by atoms with van der Waals surface area (Å²) < 4.78 is 5.51. The molecule has 1 aromatic rings. The second-order valence-electron chi connectivity index (χ2n) is 5.61. The molecule has 1 amide bonds. The number of carbonyl (C=O) groups is 1. The first-order valence-electron chi connectivity index (χ1n) is 7.22. The van der Waals surface area contributed by atoms with Gasteiger partial charge in [0.1, 0.15) is 5.75 Å². The summed E-state index contributed by atoms with van der Waals surface area (Å²) in [5.74, 6) is 1.27. The molecule has 1 aliphatic carbocycles. The van der Waals surface area contributed by atoms with Crippen molar-refractivity contribution in [2.24, 2.45) is 5.41 Å². The molecule has 0 radical (unpaired) electrons. The minimum Gasteiger partial charge on any atom is -0.494 e. The van der Waals surface area contributed by atoms with E-state index in [9.17, 15) is 4.79 Å². The summed E-state index contributed by atoms with van der Waals surface area (Å²) in [5.41, 5.74) is 1.48. The number of anilines is 1. The molecule has 0 aromatic heterocycles. The zero-order valence-corrected chi connectivity index (χ0v) is 12.9. The molecule has 0 bridgehead atoms. The number of ether oxygens (including phenoxy) is 1. The molecule has 0 aliphatic heterocycles. The summed E-state index contributed by atoms with van der Waals surface area (Å²) in [6, 6.07) is 5.64. The lowest BCUT2D eigenvalue weighted by Crippen LogP contribution is -2.30. The third-order valence-electron chi connectivity index (χ3n) is 4.02. The fraction of sp³-hybridized carbons (Fsp3) is 0.562. The van der Waals surface area contributed by atoms with Gasteiger partial charge in [0.05, 0.1) is 12.5 Å². The van der Waals surface area contributed by atoms with Crippen molar-refractivity contribution in [3.05, 3.63) is 23.8 Å². The van der Waals surface area contributed by atoms with E-state index in [1.54, 1.807) is 0 Å². The van der Waals surface area contributed by atoms with E-state index in [0.717, 1.165) is 42.7 Å². The Morgan fingerprint density at radius 2 is 2.10 bits per heavy atom. The van der Waals surface area contributed by atoms with Gasteiger partial charge in [-0.15, -0.1) is 11.6 Å². The number of carbonyl (C=O) groups excluding carboxylic acids is 1. The summed E-state index contributed by atoms with van der Waals surface area (Å²) in [6.07, 6.45) is 4.22. The predicted molar refractivity (Wildman–Crippen MR) is 82.4 cm³/mol. The van der Waals surface area contributed by atoms with Crippen molar-refractivity contribution < 1.29 is 9.53 Å². The number of amides is 1. The van der Waals surface area contributed by atoms with Crippen LogP contribution in [0.3, 0.4) is 0 Å². The molecular formula is C16H22ClNO2. The van der Waals surface area contributed by atoms with E-state index in [-0.39, 0.29) is 11.3 Å². The quantitative estimate of drug-likeness (QED) is 0.821. The molecule has 1 aromatic carbocycles. The van der Waals surface area contributed by atoms with Gasteiger partial charge >= 0.3 is 0 Å². The van der Waals surface area contributed by atoms with Gasteiger partial charge in [0.25, 0.3) is 0 Å². The highest BCUT2D eigenvalue weighted by Crippen LogP contribution is 2.38. The Bertz CT molecular complexity index is 481. The van der Waals surface area contributed by atoms with Crippen LogP contribution in [0.4, 0.5) is 5.69 Å². The molecule has 1 fully saturated rings. The maximum absolute atomic E-state index is 12.4.